The molecule has 0 aromatic heterocycles. The molecule has 4 heteroatoms. The van der Waals surface area contributed by atoms with Crippen LogP contribution in [0.15, 0.2) is 18.2 Å². The molecule has 0 spiro atoms. The van der Waals surface area contributed by atoms with Crippen molar-refractivity contribution in [3.05, 3.63) is 34.6 Å². The van der Waals surface area contributed by atoms with Gasteiger partial charge in [-0.1, -0.05) is 17.7 Å². The Morgan fingerprint density at radius 1 is 1.43 bits per heavy atom. The van der Waals surface area contributed by atoms with Crippen LogP contribution in [0.4, 0.5) is 4.39 Å². The van der Waals surface area contributed by atoms with E-state index in [0.717, 1.165) is 0 Å². The summed E-state index contributed by atoms with van der Waals surface area (Å²) in [6, 6.07) is 4.10. The van der Waals surface area contributed by atoms with Crippen molar-refractivity contribution in [2.24, 2.45) is 0 Å². The largest absolute Gasteiger partial charge is 0.393 e. The minimum atomic E-state index is -0.859. The third kappa shape index (κ3) is 2.94. The molecule has 0 unspecified atom stereocenters. The number of halogens is 2. The number of hydrogen-bond acceptors (Lipinski definition) is 2. The second-order valence-corrected chi connectivity index (χ2v) is 3.68. The van der Waals surface area contributed by atoms with Gasteiger partial charge in [0.05, 0.1) is 17.2 Å². The van der Waals surface area contributed by atoms with Crippen LogP contribution in [-0.4, -0.2) is 16.3 Å². The summed E-state index contributed by atoms with van der Waals surface area (Å²) >= 11 is 5.49. The van der Waals surface area contributed by atoms with Crippen molar-refractivity contribution in [1.29, 1.82) is 0 Å². The standard InChI is InChI=1S/C10H12ClFO2/c1-6(13)4-10(14)7-2-3-8(11)9(12)5-7/h2-3,5-6,10,13-14H,4H2,1H3/t6-,10+/m0/s1. The molecular weight excluding hydrogens is 207 g/mol. The fraction of sp³-hybridized carbons (Fsp3) is 0.400. The fourth-order valence-electron chi connectivity index (χ4n) is 1.18. The van der Waals surface area contributed by atoms with E-state index in [0.29, 0.717) is 5.56 Å². The van der Waals surface area contributed by atoms with Gasteiger partial charge < -0.3 is 10.2 Å². The van der Waals surface area contributed by atoms with Crippen molar-refractivity contribution in [2.45, 2.75) is 25.6 Å². The maximum atomic E-state index is 13.0. The number of aliphatic hydroxyl groups excluding tert-OH is 2. The zero-order chi connectivity index (χ0) is 10.7. The van der Waals surface area contributed by atoms with Gasteiger partial charge in [0.1, 0.15) is 5.82 Å². The number of aliphatic hydroxyl groups is 2. The molecule has 2 N–H and O–H groups in total. The normalized spacial score (nSPS) is 15.2. The highest BCUT2D eigenvalue weighted by atomic mass is 35.5. The summed E-state index contributed by atoms with van der Waals surface area (Å²) in [5.41, 5.74) is 0.424. The van der Waals surface area contributed by atoms with E-state index in [1.165, 1.54) is 12.1 Å². The zero-order valence-corrected chi connectivity index (χ0v) is 8.50. The molecule has 0 saturated carbocycles. The minimum absolute atomic E-state index is 0.0259. The second kappa shape index (κ2) is 4.73. The average molecular weight is 219 g/mol. The quantitative estimate of drug-likeness (QED) is 0.817. The van der Waals surface area contributed by atoms with Crippen molar-refractivity contribution in [2.75, 3.05) is 0 Å². The van der Waals surface area contributed by atoms with Gasteiger partial charge in [0.25, 0.3) is 0 Å². The van der Waals surface area contributed by atoms with Crippen LogP contribution in [0.3, 0.4) is 0 Å². The first kappa shape index (κ1) is 11.4. The van der Waals surface area contributed by atoms with Gasteiger partial charge >= 0.3 is 0 Å². The van der Waals surface area contributed by atoms with Gasteiger partial charge in [-0.2, -0.15) is 0 Å². The molecule has 78 valence electrons. The Morgan fingerprint density at radius 2 is 2.07 bits per heavy atom. The Hall–Kier alpha value is -0.640. The molecule has 14 heavy (non-hydrogen) atoms. The lowest BCUT2D eigenvalue weighted by Crippen LogP contribution is -2.08. The molecule has 0 radical (unpaired) electrons. The van der Waals surface area contributed by atoms with Crippen LogP contribution in [0, 0.1) is 5.82 Å². The molecule has 1 rings (SSSR count). The number of hydrogen-bond donors (Lipinski definition) is 2. The lowest BCUT2D eigenvalue weighted by molar-refractivity contribution is 0.0905. The molecule has 0 amide bonds. The molecule has 2 nitrogen and oxygen atoms in total. The van der Waals surface area contributed by atoms with Crippen LogP contribution in [0.1, 0.15) is 25.0 Å². The summed E-state index contributed by atoms with van der Waals surface area (Å²) < 4.78 is 13.0. The van der Waals surface area contributed by atoms with Gasteiger partial charge in [-0.3, -0.25) is 0 Å². The van der Waals surface area contributed by atoms with Crippen LogP contribution in [0.25, 0.3) is 0 Å². The first-order valence-electron chi connectivity index (χ1n) is 4.31. The van der Waals surface area contributed by atoms with Crippen LogP contribution in [-0.2, 0) is 0 Å². The van der Waals surface area contributed by atoms with Crippen LogP contribution in [0.5, 0.6) is 0 Å². The monoisotopic (exact) mass is 218 g/mol. The van der Waals surface area contributed by atoms with E-state index in [-0.39, 0.29) is 11.4 Å². The van der Waals surface area contributed by atoms with E-state index in [4.69, 9.17) is 16.7 Å². The predicted molar refractivity (Wildman–Crippen MR) is 52.7 cm³/mol. The first-order valence-corrected chi connectivity index (χ1v) is 4.69. The van der Waals surface area contributed by atoms with Gasteiger partial charge in [0.15, 0.2) is 0 Å². The van der Waals surface area contributed by atoms with Gasteiger partial charge in [0, 0.05) is 6.42 Å². The van der Waals surface area contributed by atoms with Crippen molar-refractivity contribution >= 4 is 11.6 Å². The molecule has 0 saturated heterocycles. The molecule has 0 aliphatic rings. The lowest BCUT2D eigenvalue weighted by Gasteiger charge is -2.12. The summed E-state index contributed by atoms with van der Waals surface area (Å²) in [7, 11) is 0. The van der Waals surface area contributed by atoms with Crippen molar-refractivity contribution in [1.82, 2.24) is 0 Å². The smallest absolute Gasteiger partial charge is 0.142 e. The summed E-state index contributed by atoms with van der Waals surface area (Å²) in [4.78, 5) is 0. The van der Waals surface area contributed by atoms with Crippen molar-refractivity contribution < 1.29 is 14.6 Å². The highest BCUT2D eigenvalue weighted by Crippen LogP contribution is 2.22. The number of rotatable bonds is 3. The third-order valence-corrected chi connectivity index (χ3v) is 2.20. The van der Waals surface area contributed by atoms with E-state index in [2.05, 4.69) is 0 Å². The summed E-state index contributed by atoms with van der Waals surface area (Å²) in [5.74, 6) is -0.561. The highest BCUT2D eigenvalue weighted by molar-refractivity contribution is 6.30. The van der Waals surface area contributed by atoms with Crippen LogP contribution in [0.2, 0.25) is 5.02 Å². The Balaban J connectivity index is 2.80. The van der Waals surface area contributed by atoms with Crippen molar-refractivity contribution in [3.63, 3.8) is 0 Å². The van der Waals surface area contributed by atoms with Gasteiger partial charge in [-0.05, 0) is 24.6 Å². The molecule has 0 aliphatic heterocycles. The SMILES string of the molecule is C[C@H](O)C[C@@H](O)c1ccc(Cl)c(F)c1. The minimum Gasteiger partial charge on any atom is -0.393 e. The zero-order valence-electron chi connectivity index (χ0n) is 7.74. The highest BCUT2D eigenvalue weighted by Gasteiger charge is 2.12. The lowest BCUT2D eigenvalue weighted by atomic mass is 10.0. The molecule has 0 bridgehead atoms. The Bertz CT molecular complexity index is 315. The van der Waals surface area contributed by atoms with Gasteiger partial charge in [-0.25, -0.2) is 4.39 Å². The topological polar surface area (TPSA) is 40.5 Å². The van der Waals surface area contributed by atoms with Crippen LogP contribution >= 0.6 is 11.6 Å². The molecule has 1 aromatic rings. The van der Waals surface area contributed by atoms with Gasteiger partial charge in [-0.15, -0.1) is 0 Å². The Kier molecular flexibility index (Phi) is 3.86. The summed E-state index contributed by atoms with van der Waals surface area (Å²) in [6.07, 6.45) is -1.30. The van der Waals surface area contributed by atoms with Crippen LogP contribution < -0.4 is 0 Å². The van der Waals surface area contributed by atoms with Gasteiger partial charge in [0.2, 0.25) is 0 Å². The molecule has 0 aliphatic carbocycles. The molecule has 0 heterocycles. The Labute approximate surface area is 86.9 Å². The van der Waals surface area contributed by atoms with Crippen molar-refractivity contribution in [3.8, 4) is 0 Å². The third-order valence-electron chi connectivity index (χ3n) is 1.89. The summed E-state index contributed by atoms with van der Waals surface area (Å²) in [5, 5.41) is 18.6. The Morgan fingerprint density at radius 3 is 2.57 bits per heavy atom. The first-order chi connectivity index (χ1) is 6.50. The molecule has 0 fully saturated rings. The number of benzene rings is 1. The molecular formula is C10H12ClFO2. The predicted octanol–water partition coefficient (Wildman–Crippen LogP) is 2.28. The average Bonchev–Trinajstić information content (AvgIpc) is 2.08. The van der Waals surface area contributed by atoms with E-state index in [9.17, 15) is 9.50 Å². The molecule has 1 aromatic carbocycles. The van der Waals surface area contributed by atoms with E-state index >= 15 is 0 Å². The van der Waals surface area contributed by atoms with E-state index in [1.54, 1.807) is 13.0 Å². The summed E-state index contributed by atoms with van der Waals surface area (Å²) in [6.45, 7) is 1.56. The maximum absolute atomic E-state index is 13.0. The maximum Gasteiger partial charge on any atom is 0.142 e. The second-order valence-electron chi connectivity index (χ2n) is 3.27. The molecule has 2 atom stereocenters. The van der Waals surface area contributed by atoms with E-state index < -0.39 is 18.0 Å². The van der Waals surface area contributed by atoms with E-state index in [1.807, 2.05) is 0 Å². The fourth-order valence-corrected chi connectivity index (χ4v) is 1.30.